The molecule has 2 rings (SSSR count). The summed E-state index contributed by atoms with van der Waals surface area (Å²) in [5.74, 6) is 0. The van der Waals surface area contributed by atoms with Crippen molar-refractivity contribution in [2.24, 2.45) is 0 Å². The van der Waals surface area contributed by atoms with Crippen LogP contribution in [-0.2, 0) is 23.2 Å². The second kappa shape index (κ2) is 5.26. The molecule has 0 aliphatic heterocycles. The van der Waals surface area contributed by atoms with Crippen molar-refractivity contribution in [3.05, 3.63) is 42.0 Å². The Morgan fingerprint density at radius 2 is 1.47 bits per heavy atom. The van der Waals surface area contributed by atoms with Crippen LogP contribution in [0.2, 0.25) is 0 Å². The molecule has 0 saturated heterocycles. The molecule has 0 atom stereocenters. The van der Waals surface area contributed by atoms with Gasteiger partial charge in [0.25, 0.3) is 0 Å². The van der Waals surface area contributed by atoms with E-state index in [1.807, 2.05) is 6.56 Å². The molecule has 1 heteroatoms. The zero-order valence-corrected chi connectivity index (χ0v) is 12.1. The summed E-state index contributed by atoms with van der Waals surface area (Å²) in [5, 5.41) is 0. The van der Waals surface area contributed by atoms with Crippen LogP contribution in [0.15, 0.2) is 42.0 Å². The summed E-state index contributed by atoms with van der Waals surface area (Å²) in [4.78, 5) is 0. The van der Waals surface area contributed by atoms with E-state index in [1.54, 1.807) is 11.1 Å². The van der Waals surface area contributed by atoms with Crippen molar-refractivity contribution < 1.29 is 26.1 Å². The first kappa shape index (κ1) is 11.3. The minimum atomic E-state index is -0.417. The molecular formula is C14H20Zr. The van der Waals surface area contributed by atoms with Crippen molar-refractivity contribution in [2.75, 3.05) is 0 Å². The monoisotopic (exact) mass is 278 g/mol. The van der Waals surface area contributed by atoms with Gasteiger partial charge in [-0.2, -0.15) is 0 Å². The maximum atomic E-state index is 2.35. The quantitative estimate of drug-likeness (QED) is 0.708. The Morgan fingerprint density at radius 3 is 1.87 bits per heavy atom. The predicted molar refractivity (Wildman–Crippen MR) is 64.4 cm³/mol. The Bertz CT molecular complexity index is 340. The Labute approximate surface area is 107 Å². The molecule has 0 aromatic carbocycles. The molecule has 0 unspecified atom stereocenters. The molecule has 0 spiro atoms. The summed E-state index contributed by atoms with van der Waals surface area (Å²) >= 11 is -0.417. The van der Waals surface area contributed by atoms with Crippen LogP contribution >= 0.6 is 0 Å². The molecule has 0 amide bonds. The van der Waals surface area contributed by atoms with Gasteiger partial charge < -0.3 is 2.85 Å². The van der Waals surface area contributed by atoms with Gasteiger partial charge in [-0.05, 0) is 0 Å². The summed E-state index contributed by atoms with van der Waals surface area (Å²) in [6.07, 6.45) is 14.4. The molecule has 0 nitrogen and oxygen atoms in total. The predicted octanol–water partition coefficient (Wildman–Crippen LogP) is 4.54. The van der Waals surface area contributed by atoms with Crippen molar-refractivity contribution in [1.29, 1.82) is 0 Å². The minimum Gasteiger partial charge on any atom is -1.00 e. The van der Waals surface area contributed by atoms with E-state index in [9.17, 15) is 0 Å². The van der Waals surface area contributed by atoms with E-state index in [1.165, 1.54) is 25.7 Å². The first-order valence-electron chi connectivity index (χ1n) is 5.89. The third-order valence-electron chi connectivity index (χ3n) is 3.12. The van der Waals surface area contributed by atoms with Crippen molar-refractivity contribution in [2.45, 2.75) is 39.5 Å². The van der Waals surface area contributed by atoms with Gasteiger partial charge >= 0.3 is 105 Å². The maximum absolute atomic E-state index is 2.35. The SMILES string of the molecule is CCC1=[C]([Zr+2][C]2=C(CC)C=CC2)CC=C1.[H-].[H-]. The second-order valence-corrected chi connectivity index (χ2v) is 7.63. The third kappa shape index (κ3) is 2.50. The zero-order valence-electron chi connectivity index (χ0n) is 11.6. The van der Waals surface area contributed by atoms with E-state index < -0.39 is 23.2 Å². The van der Waals surface area contributed by atoms with Gasteiger partial charge in [0.15, 0.2) is 0 Å². The fraction of sp³-hybridized carbons (Fsp3) is 0.429. The van der Waals surface area contributed by atoms with Crippen LogP contribution in [0, 0.1) is 0 Å². The normalized spacial score (nSPS) is 19.3. The Balaban J connectivity index is 0.00000128. The van der Waals surface area contributed by atoms with Crippen molar-refractivity contribution in [3.8, 4) is 0 Å². The van der Waals surface area contributed by atoms with E-state index in [0.717, 1.165) is 0 Å². The zero-order chi connectivity index (χ0) is 10.7. The summed E-state index contributed by atoms with van der Waals surface area (Å²) in [7, 11) is 0. The maximum Gasteiger partial charge on any atom is -1.00 e. The van der Waals surface area contributed by atoms with E-state index in [-0.39, 0.29) is 2.85 Å². The van der Waals surface area contributed by atoms with Crippen LogP contribution in [0.25, 0.3) is 0 Å². The van der Waals surface area contributed by atoms with Crippen molar-refractivity contribution >= 4 is 0 Å². The fourth-order valence-electron chi connectivity index (χ4n) is 2.21. The van der Waals surface area contributed by atoms with Gasteiger partial charge in [0.05, 0.1) is 0 Å². The molecule has 0 N–H and O–H groups in total. The van der Waals surface area contributed by atoms with Crippen LogP contribution in [0.5, 0.6) is 0 Å². The molecule has 0 fully saturated rings. The molecule has 2 aliphatic rings. The fourth-order valence-corrected chi connectivity index (χ4v) is 6.25. The minimum absolute atomic E-state index is 0. The second-order valence-electron chi connectivity index (χ2n) is 4.05. The molecule has 0 aromatic heterocycles. The number of hydrogen-bond acceptors (Lipinski definition) is 0. The largest absolute Gasteiger partial charge is 1.00 e. The molecule has 0 aromatic rings. The van der Waals surface area contributed by atoms with Crippen LogP contribution in [0.4, 0.5) is 0 Å². The van der Waals surface area contributed by atoms with E-state index in [4.69, 9.17) is 0 Å². The van der Waals surface area contributed by atoms with Gasteiger partial charge in [-0.3, -0.25) is 0 Å². The van der Waals surface area contributed by atoms with Gasteiger partial charge in [0.2, 0.25) is 0 Å². The molecule has 0 heterocycles. The Hall–Kier alpha value is -0.157. The number of hydrogen-bond donors (Lipinski definition) is 0. The summed E-state index contributed by atoms with van der Waals surface area (Å²) in [6.45, 7) is 4.57. The van der Waals surface area contributed by atoms with Crippen molar-refractivity contribution in [1.82, 2.24) is 0 Å². The molecule has 2 aliphatic carbocycles. The third-order valence-corrected chi connectivity index (χ3v) is 7.19. The average Bonchev–Trinajstić information content (AvgIpc) is 2.87. The topological polar surface area (TPSA) is 0 Å². The first-order chi connectivity index (χ1) is 7.35. The van der Waals surface area contributed by atoms with E-state index >= 15 is 0 Å². The molecule has 15 heavy (non-hydrogen) atoms. The number of allylic oxidation sites excluding steroid dienone is 8. The van der Waals surface area contributed by atoms with Crippen LogP contribution in [-0.4, -0.2) is 0 Å². The first-order valence-corrected chi connectivity index (χ1v) is 8.35. The molecule has 80 valence electrons. The van der Waals surface area contributed by atoms with E-state index in [2.05, 4.69) is 38.2 Å². The van der Waals surface area contributed by atoms with Crippen molar-refractivity contribution in [3.63, 3.8) is 0 Å². The van der Waals surface area contributed by atoms with Crippen LogP contribution in [0.1, 0.15) is 42.4 Å². The van der Waals surface area contributed by atoms with Gasteiger partial charge in [-0.15, -0.1) is 0 Å². The average molecular weight is 280 g/mol. The van der Waals surface area contributed by atoms with Gasteiger partial charge in [-0.1, -0.05) is 0 Å². The molecule has 0 radical (unpaired) electrons. The van der Waals surface area contributed by atoms with E-state index in [0.29, 0.717) is 0 Å². The Morgan fingerprint density at radius 1 is 1.00 bits per heavy atom. The standard InChI is InChI=1S/2C7H9.Zr.2H/c2*1-2-7-5-3-4-6-7;;;/h2*3,5H,2,4H2,1H3;;;/q;;+2;2*-1. The van der Waals surface area contributed by atoms with Gasteiger partial charge in [0.1, 0.15) is 0 Å². The Kier molecular flexibility index (Phi) is 3.97. The molecular weight excluding hydrogens is 259 g/mol. The summed E-state index contributed by atoms with van der Waals surface area (Å²) in [5.41, 5.74) is 3.30. The smallest absolute Gasteiger partial charge is 1.00 e. The van der Waals surface area contributed by atoms with Crippen LogP contribution < -0.4 is 0 Å². The van der Waals surface area contributed by atoms with Gasteiger partial charge in [0, 0.05) is 0 Å². The summed E-state index contributed by atoms with van der Waals surface area (Å²) < 4.78 is 3.65. The molecule has 0 bridgehead atoms. The summed E-state index contributed by atoms with van der Waals surface area (Å²) in [6, 6.07) is 0. The number of rotatable bonds is 4. The molecule has 0 saturated carbocycles. The van der Waals surface area contributed by atoms with Crippen LogP contribution in [0.3, 0.4) is 0 Å². The van der Waals surface area contributed by atoms with Gasteiger partial charge in [-0.25, -0.2) is 0 Å².